The van der Waals surface area contributed by atoms with Crippen LogP contribution in [0.1, 0.15) is 26.2 Å². The first-order valence-electron chi connectivity index (χ1n) is 6.57. The average Bonchev–Trinajstić information content (AvgIpc) is 2.89. The van der Waals surface area contributed by atoms with Crippen LogP contribution in [0.5, 0.6) is 0 Å². The van der Waals surface area contributed by atoms with Crippen molar-refractivity contribution in [2.75, 3.05) is 32.7 Å². The molecule has 1 heterocycles. The van der Waals surface area contributed by atoms with Crippen molar-refractivity contribution in [2.24, 2.45) is 0 Å². The molecule has 0 spiro atoms. The number of likely N-dealkylation sites (tertiary alicyclic amines) is 1. The first-order chi connectivity index (χ1) is 9.04. The number of hydrogen-bond acceptors (Lipinski definition) is 3. The van der Waals surface area contributed by atoms with Gasteiger partial charge in [-0.2, -0.15) is 0 Å². The van der Waals surface area contributed by atoms with E-state index in [-0.39, 0.29) is 25.4 Å². The van der Waals surface area contributed by atoms with Crippen molar-refractivity contribution < 1.29 is 19.5 Å². The molecule has 1 aliphatic rings. The minimum absolute atomic E-state index is 0.0408. The van der Waals surface area contributed by atoms with Crippen LogP contribution in [0.25, 0.3) is 0 Å². The first-order valence-corrected chi connectivity index (χ1v) is 6.57. The van der Waals surface area contributed by atoms with Gasteiger partial charge in [0.1, 0.15) is 6.54 Å². The third-order valence-electron chi connectivity index (χ3n) is 3.07. The second-order valence-electron chi connectivity index (χ2n) is 4.48. The molecule has 19 heavy (non-hydrogen) atoms. The summed E-state index contributed by atoms with van der Waals surface area (Å²) in [6, 6.07) is -0.445. The standard InChI is InChI=1S/C12H21N3O4/c1-2-14(9-11(17)18)12(19)13-6-5-10(16)15-7-3-4-8-15/h2-9H2,1H3,(H,13,19)(H,17,18). The highest BCUT2D eigenvalue weighted by Crippen LogP contribution is 2.08. The summed E-state index contributed by atoms with van der Waals surface area (Å²) in [6.07, 6.45) is 2.34. The van der Waals surface area contributed by atoms with Crippen molar-refractivity contribution in [3.8, 4) is 0 Å². The number of urea groups is 1. The van der Waals surface area contributed by atoms with Crippen molar-refractivity contribution in [1.82, 2.24) is 15.1 Å². The van der Waals surface area contributed by atoms with Crippen LogP contribution in [-0.2, 0) is 9.59 Å². The number of carboxylic acids is 1. The summed E-state index contributed by atoms with van der Waals surface area (Å²) < 4.78 is 0. The van der Waals surface area contributed by atoms with E-state index in [0.717, 1.165) is 25.9 Å². The summed E-state index contributed by atoms with van der Waals surface area (Å²) >= 11 is 0. The van der Waals surface area contributed by atoms with Crippen molar-refractivity contribution in [2.45, 2.75) is 26.2 Å². The van der Waals surface area contributed by atoms with Crippen molar-refractivity contribution >= 4 is 17.9 Å². The lowest BCUT2D eigenvalue weighted by Gasteiger charge is -2.20. The van der Waals surface area contributed by atoms with E-state index >= 15 is 0 Å². The van der Waals surface area contributed by atoms with Gasteiger partial charge in [0.05, 0.1) is 0 Å². The number of amides is 3. The van der Waals surface area contributed by atoms with E-state index in [1.54, 1.807) is 11.8 Å². The molecule has 7 heteroatoms. The van der Waals surface area contributed by atoms with Crippen LogP contribution in [0.15, 0.2) is 0 Å². The van der Waals surface area contributed by atoms with Gasteiger partial charge < -0.3 is 20.2 Å². The van der Waals surface area contributed by atoms with Gasteiger partial charge in [-0.1, -0.05) is 0 Å². The Balaban J connectivity index is 2.25. The normalized spacial score (nSPS) is 14.3. The number of nitrogens with zero attached hydrogens (tertiary/aromatic N) is 2. The Labute approximate surface area is 112 Å². The van der Waals surface area contributed by atoms with Crippen LogP contribution in [-0.4, -0.2) is 65.5 Å². The second-order valence-corrected chi connectivity index (χ2v) is 4.48. The number of carbonyl (C=O) groups excluding carboxylic acids is 2. The smallest absolute Gasteiger partial charge is 0.323 e. The number of carbonyl (C=O) groups is 3. The zero-order chi connectivity index (χ0) is 14.3. The number of rotatable bonds is 6. The Morgan fingerprint density at radius 3 is 2.42 bits per heavy atom. The van der Waals surface area contributed by atoms with E-state index in [0.29, 0.717) is 6.54 Å². The molecule has 2 N–H and O–H groups in total. The fourth-order valence-corrected chi connectivity index (χ4v) is 2.00. The van der Waals surface area contributed by atoms with Gasteiger partial charge in [-0.25, -0.2) is 4.79 Å². The average molecular weight is 271 g/mol. The first kappa shape index (κ1) is 15.3. The zero-order valence-electron chi connectivity index (χ0n) is 11.2. The largest absolute Gasteiger partial charge is 0.480 e. The molecular weight excluding hydrogens is 250 g/mol. The SMILES string of the molecule is CCN(CC(=O)O)C(=O)NCCC(=O)N1CCCC1. The molecule has 1 saturated heterocycles. The van der Waals surface area contributed by atoms with Crippen molar-refractivity contribution in [1.29, 1.82) is 0 Å². The Morgan fingerprint density at radius 2 is 1.89 bits per heavy atom. The van der Waals surface area contributed by atoms with E-state index in [1.165, 1.54) is 4.90 Å². The highest BCUT2D eigenvalue weighted by atomic mass is 16.4. The van der Waals surface area contributed by atoms with Gasteiger partial charge in [0.2, 0.25) is 5.91 Å². The maximum atomic E-state index is 11.7. The molecule has 1 rings (SSSR count). The fourth-order valence-electron chi connectivity index (χ4n) is 2.00. The lowest BCUT2D eigenvalue weighted by molar-refractivity contribution is -0.137. The molecular formula is C12H21N3O4. The number of carboxylic acid groups (broad SMARTS) is 1. The molecule has 0 aliphatic carbocycles. The van der Waals surface area contributed by atoms with Gasteiger partial charge in [-0.3, -0.25) is 9.59 Å². The van der Waals surface area contributed by atoms with E-state index < -0.39 is 12.0 Å². The predicted octanol–water partition coefficient (Wildman–Crippen LogP) is 0.115. The van der Waals surface area contributed by atoms with E-state index in [9.17, 15) is 14.4 Å². The van der Waals surface area contributed by atoms with Gasteiger partial charge in [0.25, 0.3) is 0 Å². The minimum atomic E-state index is -1.05. The van der Waals surface area contributed by atoms with E-state index in [1.807, 2.05) is 0 Å². The summed E-state index contributed by atoms with van der Waals surface area (Å²) in [4.78, 5) is 36.9. The van der Waals surface area contributed by atoms with Crippen LogP contribution < -0.4 is 5.32 Å². The number of aliphatic carboxylic acids is 1. The van der Waals surface area contributed by atoms with Crippen LogP contribution in [0.2, 0.25) is 0 Å². The monoisotopic (exact) mass is 271 g/mol. The molecule has 0 aromatic carbocycles. The predicted molar refractivity (Wildman–Crippen MR) is 68.7 cm³/mol. The molecule has 1 fully saturated rings. The van der Waals surface area contributed by atoms with Crippen LogP contribution in [0.4, 0.5) is 4.79 Å². The second kappa shape index (κ2) is 7.60. The molecule has 1 aliphatic heterocycles. The number of nitrogens with one attached hydrogen (secondary N) is 1. The highest BCUT2D eigenvalue weighted by Gasteiger charge is 2.18. The molecule has 7 nitrogen and oxygen atoms in total. The summed E-state index contributed by atoms with van der Waals surface area (Å²) in [6.45, 7) is 3.53. The Morgan fingerprint density at radius 1 is 1.26 bits per heavy atom. The minimum Gasteiger partial charge on any atom is -0.480 e. The molecule has 0 unspecified atom stereocenters. The molecule has 108 valence electrons. The molecule has 0 aromatic rings. The third-order valence-corrected chi connectivity index (χ3v) is 3.07. The summed E-state index contributed by atoms with van der Waals surface area (Å²) in [5, 5.41) is 11.2. The summed E-state index contributed by atoms with van der Waals surface area (Å²) in [7, 11) is 0. The Kier molecular flexibility index (Phi) is 6.11. The molecule has 0 bridgehead atoms. The van der Waals surface area contributed by atoms with Crippen LogP contribution >= 0.6 is 0 Å². The van der Waals surface area contributed by atoms with Gasteiger partial charge >= 0.3 is 12.0 Å². The number of likely N-dealkylation sites (N-methyl/N-ethyl adjacent to an activating group) is 1. The molecule has 0 atom stereocenters. The van der Waals surface area contributed by atoms with E-state index in [2.05, 4.69) is 5.32 Å². The van der Waals surface area contributed by atoms with Crippen LogP contribution in [0.3, 0.4) is 0 Å². The van der Waals surface area contributed by atoms with Gasteiger partial charge in [0.15, 0.2) is 0 Å². The molecule has 3 amide bonds. The van der Waals surface area contributed by atoms with Gasteiger partial charge in [-0.05, 0) is 19.8 Å². The topological polar surface area (TPSA) is 90.0 Å². The summed E-state index contributed by atoms with van der Waals surface area (Å²) in [5.41, 5.74) is 0. The molecule has 0 radical (unpaired) electrons. The molecule has 0 saturated carbocycles. The quantitative estimate of drug-likeness (QED) is 0.717. The zero-order valence-corrected chi connectivity index (χ0v) is 11.2. The van der Waals surface area contributed by atoms with Gasteiger partial charge in [-0.15, -0.1) is 0 Å². The van der Waals surface area contributed by atoms with Crippen molar-refractivity contribution in [3.63, 3.8) is 0 Å². The lowest BCUT2D eigenvalue weighted by Crippen LogP contribution is -2.43. The lowest BCUT2D eigenvalue weighted by atomic mass is 10.3. The van der Waals surface area contributed by atoms with Gasteiger partial charge in [0, 0.05) is 32.6 Å². The van der Waals surface area contributed by atoms with Crippen molar-refractivity contribution in [3.05, 3.63) is 0 Å². The Bertz CT molecular complexity index is 340. The molecule has 0 aromatic heterocycles. The maximum Gasteiger partial charge on any atom is 0.323 e. The van der Waals surface area contributed by atoms with E-state index in [4.69, 9.17) is 5.11 Å². The Hall–Kier alpha value is -1.79. The third kappa shape index (κ3) is 5.15. The number of hydrogen-bond donors (Lipinski definition) is 2. The van der Waals surface area contributed by atoms with Crippen LogP contribution in [0, 0.1) is 0 Å². The fraction of sp³-hybridized carbons (Fsp3) is 0.750. The summed E-state index contributed by atoms with van der Waals surface area (Å²) in [5.74, 6) is -1.01. The maximum absolute atomic E-state index is 11.7. The highest BCUT2D eigenvalue weighted by molar-refractivity contribution is 5.81.